The third-order valence-corrected chi connectivity index (χ3v) is 5.07. The first-order valence-electron chi connectivity index (χ1n) is 7.61. The molecule has 2 aliphatic rings. The van der Waals surface area contributed by atoms with E-state index in [-0.39, 0.29) is 6.04 Å². The molecule has 5 heteroatoms. The van der Waals surface area contributed by atoms with E-state index in [4.69, 9.17) is 11.6 Å². The fraction of sp³-hybridized carbons (Fsp3) is 0.562. The summed E-state index contributed by atoms with van der Waals surface area (Å²) in [6.45, 7) is 4.74. The monoisotopic (exact) mass is 307 g/mol. The molecule has 1 aromatic rings. The second-order valence-corrected chi connectivity index (χ2v) is 6.35. The zero-order valence-electron chi connectivity index (χ0n) is 12.6. The van der Waals surface area contributed by atoms with E-state index in [1.54, 1.807) is 0 Å². The first kappa shape index (κ1) is 14.7. The summed E-state index contributed by atoms with van der Waals surface area (Å²) in [4.78, 5) is 16.1. The fourth-order valence-corrected chi connectivity index (χ4v) is 3.66. The Bertz CT molecular complexity index is 548. The average Bonchev–Trinajstić information content (AvgIpc) is 2.87. The SMILES string of the molecule is CNC(C)c1ccc(N2CCN3C(=O)CCC3C2)cc1Cl. The maximum atomic E-state index is 11.7. The highest BCUT2D eigenvalue weighted by atomic mass is 35.5. The number of rotatable bonds is 3. The third kappa shape index (κ3) is 2.74. The second kappa shape index (κ2) is 5.85. The summed E-state index contributed by atoms with van der Waals surface area (Å²) in [6, 6.07) is 6.92. The van der Waals surface area contributed by atoms with Crippen LogP contribution in [0.5, 0.6) is 0 Å². The molecule has 2 heterocycles. The van der Waals surface area contributed by atoms with Gasteiger partial charge in [-0.25, -0.2) is 0 Å². The number of fused-ring (bicyclic) bond motifs is 1. The number of benzene rings is 1. The molecular weight excluding hydrogens is 286 g/mol. The Hall–Kier alpha value is -1.26. The molecule has 0 spiro atoms. The molecule has 0 radical (unpaired) electrons. The standard InChI is InChI=1S/C16H22ClN3O/c1-11(18-2)14-5-3-12(9-15(14)17)19-7-8-20-13(10-19)4-6-16(20)21/h3,5,9,11,13,18H,4,6-8,10H2,1-2H3. The summed E-state index contributed by atoms with van der Waals surface area (Å²) >= 11 is 6.43. The van der Waals surface area contributed by atoms with Gasteiger partial charge in [0, 0.05) is 48.8 Å². The topological polar surface area (TPSA) is 35.6 Å². The Labute approximate surface area is 131 Å². The number of carbonyl (C=O) groups excluding carboxylic acids is 1. The van der Waals surface area contributed by atoms with Crippen LogP contribution in [-0.4, -0.2) is 43.5 Å². The smallest absolute Gasteiger partial charge is 0.223 e. The van der Waals surface area contributed by atoms with Crippen LogP contribution >= 0.6 is 11.6 Å². The van der Waals surface area contributed by atoms with Crippen molar-refractivity contribution in [3.63, 3.8) is 0 Å². The maximum Gasteiger partial charge on any atom is 0.223 e. The second-order valence-electron chi connectivity index (χ2n) is 5.94. The highest BCUT2D eigenvalue weighted by molar-refractivity contribution is 6.31. The fourth-order valence-electron chi connectivity index (χ4n) is 3.32. The number of nitrogens with zero attached hydrogens (tertiary/aromatic N) is 2. The molecule has 1 N–H and O–H groups in total. The predicted molar refractivity (Wildman–Crippen MR) is 85.9 cm³/mol. The minimum absolute atomic E-state index is 0.246. The Kier molecular flexibility index (Phi) is 4.09. The number of carbonyl (C=O) groups is 1. The Morgan fingerprint density at radius 1 is 1.38 bits per heavy atom. The van der Waals surface area contributed by atoms with Crippen molar-refractivity contribution < 1.29 is 4.79 Å². The zero-order chi connectivity index (χ0) is 15.0. The first-order valence-corrected chi connectivity index (χ1v) is 7.99. The highest BCUT2D eigenvalue weighted by Crippen LogP contribution is 2.31. The lowest BCUT2D eigenvalue weighted by atomic mass is 10.1. The molecule has 0 bridgehead atoms. The van der Waals surface area contributed by atoms with Gasteiger partial charge in [0.25, 0.3) is 0 Å². The summed E-state index contributed by atoms with van der Waals surface area (Å²) in [5.41, 5.74) is 2.28. The van der Waals surface area contributed by atoms with Crippen LogP contribution in [-0.2, 0) is 4.79 Å². The minimum Gasteiger partial charge on any atom is -0.368 e. The molecule has 0 aliphatic carbocycles. The van der Waals surface area contributed by atoms with E-state index in [2.05, 4.69) is 35.3 Å². The van der Waals surface area contributed by atoms with E-state index in [0.29, 0.717) is 18.4 Å². The van der Waals surface area contributed by atoms with Gasteiger partial charge in [0.1, 0.15) is 0 Å². The van der Waals surface area contributed by atoms with Crippen molar-refractivity contribution >= 4 is 23.2 Å². The van der Waals surface area contributed by atoms with Crippen molar-refractivity contribution in [2.24, 2.45) is 0 Å². The lowest BCUT2D eigenvalue weighted by Crippen LogP contribution is -2.51. The number of anilines is 1. The highest BCUT2D eigenvalue weighted by Gasteiger charge is 2.35. The number of nitrogens with one attached hydrogen (secondary N) is 1. The largest absolute Gasteiger partial charge is 0.368 e. The molecule has 0 aromatic heterocycles. The van der Waals surface area contributed by atoms with Crippen molar-refractivity contribution in [1.29, 1.82) is 0 Å². The van der Waals surface area contributed by atoms with E-state index in [1.165, 1.54) is 0 Å². The van der Waals surface area contributed by atoms with Crippen molar-refractivity contribution in [2.75, 3.05) is 31.6 Å². The predicted octanol–water partition coefficient (Wildman–Crippen LogP) is 2.43. The summed E-state index contributed by atoms with van der Waals surface area (Å²) in [7, 11) is 1.94. The van der Waals surface area contributed by atoms with E-state index in [1.807, 2.05) is 11.9 Å². The zero-order valence-corrected chi connectivity index (χ0v) is 13.4. The number of piperazine rings is 1. The van der Waals surface area contributed by atoms with Gasteiger partial charge in [-0.15, -0.1) is 0 Å². The quantitative estimate of drug-likeness (QED) is 0.931. The molecule has 2 unspecified atom stereocenters. The average molecular weight is 308 g/mol. The van der Waals surface area contributed by atoms with Gasteiger partial charge in [0.05, 0.1) is 0 Å². The van der Waals surface area contributed by atoms with Gasteiger partial charge < -0.3 is 15.1 Å². The molecule has 2 fully saturated rings. The van der Waals surface area contributed by atoms with Gasteiger partial charge in [-0.2, -0.15) is 0 Å². The van der Waals surface area contributed by atoms with Gasteiger partial charge in [0.2, 0.25) is 5.91 Å². The van der Waals surface area contributed by atoms with Gasteiger partial charge in [-0.05, 0) is 38.1 Å². The molecule has 3 rings (SSSR count). The van der Waals surface area contributed by atoms with E-state index in [9.17, 15) is 4.79 Å². The Balaban J connectivity index is 1.76. The molecular formula is C16H22ClN3O. The van der Waals surface area contributed by atoms with Crippen LogP contribution in [0.4, 0.5) is 5.69 Å². The summed E-state index contributed by atoms with van der Waals surface area (Å²) in [6.07, 6.45) is 1.69. The van der Waals surface area contributed by atoms with Gasteiger partial charge in [-0.1, -0.05) is 17.7 Å². The van der Waals surface area contributed by atoms with Crippen LogP contribution in [0.2, 0.25) is 5.02 Å². The molecule has 2 saturated heterocycles. The summed E-state index contributed by atoms with van der Waals surface area (Å²) < 4.78 is 0. The van der Waals surface area contributed by atoms with Crippen LogP contribution in [0.15, 0.2) is 18.2 Å². The Morgan fingerprint density at radius 3 is 2.90 bits per heavy atom. The number of amides is 1. The molecule has 0 saturated carbocycles. The molecule has 4 nitrogen and oxygen atoms in total. The number of hydrogen-bond donors (Lipinski definition) is 1. The minimum atomic E-state index is 0.246. The summed E-state index contributed by atoms with van der Waals surface area (Å²) in [5.74, 6) is 0.316. The first-order chi connectivity index (χ1) is 10.1. The molecule has 21 heavy (non-hydrogen) atoms. The van der Waals surface area contributed by atoms with Crippen molar-refractivity contribution in [3.05, 3.63) is 28.8 Å². The van der Waals surface area contributed by atoms with Crippen LogP contribution in [0.25, 0.3) is 0 Å². The van der Waals surface area contributed by atoms with Crippen molar-refractivity contribution in [3.8, 4) is 0 Å². The van der Waals surface area contributed by atoms with Crippen molar-refractivity contribution in [2.45, 2.75) is 31.8 Å². The van der Waals surface area contributed by atoms with E-state index in [0.717, 1.165) is 42.3 Å². The van der Waals surface area contributed by atoms with Crippen LogP contribution in [0.3, 0.4) is 0 Å². The maximum absolute atomic E-state index is 11.7. The molecule has 114 valence electrons. The molecule has 1 amide bonds. The van der Waals surface area contributed by atoms with Gasteiger partial charge in [0.15, 0.2) is 0 Å². The molecule has 2 atom stereocenters. The normalized spacial score (nSPS) is 23.4. The van der Waals surface area contributed by atoms with Gasteiger partial charge in [-0.3, -0.25) is 4.79 Å². The molecule has 2 aliphatic heterocycles. The van der Waals surface area contributed by atoms with Gasteiger partial charge >= 0.3 is 0 Å². The van der Waals surface area contributed by atoms with Crippen LogP contribution < -0.4 is 10.2 Å². The number of hydrogen-bond acceptors (Lipinski definition) is 3. The number of halogens is 1. The van der Waals surface area contributed by atoms with Crippen LogP contribution in [0.1, 0.15) is 31.4 Å². The van der Waals surface area contributed by atoms with E-state index >= 15 is 0 Å². The van der Waals surface area contributed by atoms with Crippen LogP contribution in [0, 0.1) is 0 Å². The Morgan fingerprint density at radius 2 is 2.19 bits per heavy atom. The lowest BCUT2D eigenvalue weighted by Gasteiger charge is -2.39. The summed E-state index contributed by atoms with van der Waals surface area (Å²) in [5, 5.41) is 4.02. The lowest BCUT2D eigenvalue weighted by molar-refractivity contribution is -0.129. The van der Waals surface area contributed by atoms with Crippen molar-refractivity contribution in [1.82, 2.24) is 10.2 Å². The third-order valence-electron chi connectivity index (χ3n) is 4.74. The van der Waals surface area contributed by atoms with E-state index < -0.39 is 0 Å². The molecule has 1 aromatic carbocycles.